The van der Waals surface area contributed by atoms with Gasteiger partial charge >= 0.3 is 6.15 Å². The first-order valence-electron chi connectivity index (χ1n) is 11.1. The first-order valence-corrected chi connectivity index (χ1v) is 11.1. The quantitative estimate of drug-likeness (QED) is 0.285. The highest BCUT2D eigenvalue weighted by atomic mass is 16.2. The maximum absolute atomic E-state index is 8.12. The third-order valence-electron chi connectivity index (χ3n) is 5.78. The molecule has 6 nitrogen and oxygen atoms in total. The van der Waals surface area contributed by atoms with Crippen LogP contribution in [0.4, 0.5) is 5.69 Å². The molecule has 0 amide bonds. The molecule has 0 aliphatic heterocycles. The van der Waals surface area contributed by atoms with Crippen molar-refractivity contribution in [2.24, 2.45) is 0 Å². The van der Waals surface area contributed by atoms with Crippen LogP contribution < -0.4 is 0 Å². The van der Waals surface area contributed by atoms with Gasteiger partial charge in [0.15, 0.2) is 5.65 Å². The molecule has 5 aromatic rings. The normalized spacial score (nSPS) is 10.2. The van der Waals surface area contributed by atoms with Gasteiger partial charge in [0, 0.05) is 10.9 Å². The van der Waals surface area contributed by atoms with E-state index in [1.54, 1.807) is 0 Å². The molecule has 0 spiro atoms. The standard InChI is InChI=1S/C28H22N4.CO2/c1-4-20-15-17-22(18-16-20)26-27(29-3)25(21-11-7-5-8-12-21)24-19(2)31-32(28(24)30-26)23-13-9-6-10-14-23;2-1-3/h5-18H,4H2,1-2H3;. The van der Waals surface area contributed by atoms with E-state index >= 15 is 0 Å². The Hall–Kier alpha value is -4.85. The van der Waals surface area contributed by atoms with Gasteiger partial charge in [-0.15, -0.1) is 0 Å². The Morgan fingerprint density at radius 3 is 2.06 bits per heavy atom. The number of rotatable bonds is 4. The van der Waals surface area contributed by atoms with Crippen molar-refractivity contribution in [3.8, 4) is 28.1 Å². The molecule has 0 unspecified atom stereocenters. The van der Waals surface area contributed by atoms with Gasteiger partial charge < -0.3 is 0 Å². The molecule has 6 heteroatoms. The smallest absolute Gasteiger partial charge is 0.240 e. The van der Waals surface area contributed by atoms with Crippen LogP contribution in [0.1, 0.15) is 18.2 Å². The maximum Gasteiger partial charge on any atom is 0.373 e. The highest BCUT2D eigenvalue weighted by Gasteiger charge is 2.23. The minimum Gasteiger partial charge on any atom is -0.240 e. The number of hydrogen-bond donors (Lipinski definition) is 0. The Balaban J connectivity index is 0.000000917. The molecule has 0 radical (unpaired) electrons. The number of nitrogens with zero attached hydrogens (tertiary/aromatic N) is 4. The van der Waals surface area contributed by atoms with E-state index in [2.05, 4.69) is 36.0 Å². The molecule has 0 aliphatic rings. The SMILES string of the molecule is O=C=O.[C-]#[N+]c1c(-c2ccc(CC)cc2)nc2c(c(C)nn2-c2ccccc2)c1-c1ccccc1. The van der Waals surface area contributed by atoms with E-state index in [0.717, 1.165) is 45.5 Å². The second kappa shape index (κ2) is 10.4. The van der Waals surface area contributed by atoms with Crippen molar-refractivity contribution in [2.75, 3.05) is 0 Å². The lowest BCUT2D eigenvalue weighted by molar-refractivity contribution is -0.191. The van der Waals surface area contributed by atoms with Crippen LogP contribution in [0.3, 0.4) is 0 Å². The van der Waals surface area contributed by atoms with Crippen molar-refractivity contribution in [2.45, 2.75) is 20.3 Å². The fraction of sp³-hybridized carbons (Fsp3) is 0.103. The number of hydrogen-bond acceptors (Lipinski definition) is 4. The van der Waals surface area contributed by atoms with Crippen molar-refractivity contribution >= 4 is 22.9 Å². The van der Waals surface area contributed by atoms with Crippen molar-refractivity contribution in [3.63, 3.8) is 0 Å². The van der Waals surface area contributed by atoms with Crippen LogP contribution in [0, 0.1) is 13.5 Å². The molecule has 5 rings (SSSR count). The van der Waals surface area contributed by atoms with Gasteiger partial charge in [0.2, 0.25) is 5.69 Å². The second-order valence-corrected chi connectivity index (χ2v) is 7.83. The first kappa shape index (κ1) is 23.3. The lowest BCUT2D eigenvalue weighted by Crippen LogP contribution is -1.99. The summed E-state index contributed by atoms with van der Waals surface area (Å²) in [5.41, 5.74) is 7.88. The highest BCUT2D eigenvalue weighted by Crippen LogP contribution is 2.44. The number of aryl methyl sites for hydroxylation is 2. The topological polar surface area (TPSA) is 69.2 Å². The summed E-state index contributed by atoms with van der Waals surface area (Å²) in [6, 6.07) is 28.5. The lowest BCUT2D eigenvalue weighted by atomic mass is 9.96. The van der Waals surface area contributed by atoms with E-state index in [4.69, 9.17) is 26.2 Å². The van der Waals surface area contributed by atoms with E-state index in [1.165, 1.54) is 5.56 Å². The minimum absolute atomic E-state index is 0.250. The Kier molecular flexibility index (Phi) is 6.92. The van der Waals surface area contributed by atoms with E-state index in [0.29, 0.717) is 11.4 Å². The Bertz CT molecular complexity index is 1540. The highest BCUT2D eigenvalue weighted by molar-refractivity contribution is 6.06. The lowest BCUT2D eigenvalue weighted by Gasteiger charge is -2.13. The van der Waals surface area contributed by atoms with Crippen LogP contribution >= 0.6 is 0 Å². The van der Waals surface area contributed by atoms with Crippen molar-refractivity contribution in [3.05, 3.63) is 108 Å². The third-order valence-corrected chi connectivity index (χ3v) is 5.78. The Morgan fingerprint density at radius 1 is 0.886 bits per heavy atom. The largest absolute Gasteiger partial charge is 0.373 e. The average molecular weight is 459 g/mol. The van der Waals surface area contributed by atoms with Crippen LogP contribution in [-0.2, 0) is 16.0 Å². The van der Waals surface area contributed by atoms with Gasteiger partial charge in [-0.25, -0.2) is 14.5 Å². The Labute approximate surface area is 203 Å². The zero-order chi connectivity index (χ0) is 24.8. The number of para-hydroxylation sites is 1. The summed E-state index contributed by atoms with van der Waals surface area (Å²) in [6.45, 7) is 12.2. The van der Waals surface area contributed by atoms with E-state index in [-0.39, 0.29) is 6.15 Å². The van der Waals surface area contributed by atoms with Gasteiger partial charge in [-0.3, -0.25) is 0 Å². The molecule has 3 aromatic carbocycles. The molecule has 0 saturated carbocycles. The fourth-order valence-corrected chi connectivity index (χ4v) is 4.15. The maximum atomic E-state index is 8.12. The van der Waals surface area contributed by atoms with E-state index in [9.17, 15) is 0 Å². The second-order valence-electron chi connectivity index (χ2n) is 7.83. The van der Waals surface area contributed by atoms with Crippen LogP contribution in [-0.4, -0.2) is 20.9 Å². The van der Waals surface area contributed by atoms with Crippen LogP contribution in [0.5, 0.6) is 0 Å². The van der Waals surface area contributed by atoms with E-state index < -0.39 is 0 Å². The van der Waals surface area contributed by atoms with Gasteiger partial charge in [0.25, 0.3) is 0 Å². The van der Waals surface area contributed by atoms with Gasteiger partial charge in [-0.1, -0.05) is 79.7 Å². The summed E-state index contributed by atoms with van der Waals surface area (Å²) < 4.78 is 1.88. The van der Waals surface area contributed by atoms with Crippen LogP contribution in [0.2, 0.25) is 0 Å². The number of pyridine rings is 1. The zero-order valence-electron chi connectivity index (χ0n) is 19.4. The molecular weight excluding hydrogens is 436 g/mol. The summed E-state index contributed by atoms with van der Waals surface area (Å²) >= 11 is 0. The third kappa shape index (κ3) is 4.49. The van der Waals surface area contributed by atoms with Gasteiger partial charge in [0.05, 0.1) is 23.6 Å². The molecule has 2 heterocycles. The predicted octanol–water partition coefficient (Wildman–Crippen LogP) is 6.59. The van der Waals surface area contributed by atoms with Crippen molar-refractivity contribution in [1.82, 2.24) is 14.8 Å². The van der Waals surface area contributed by atoms with Gasteiger partial charge in [-0.2, -0.15) is 14.7 Å². The molecule has 0 N–H and O–H groups in total. The summed E-state index contributed by atoms with van der Waals surface area (Å²) in [7, 11) is 0. The number of carbonyl (C=O) groups excluding carboxylic acids is 2. The molecule has 2 aromatic heterocycles. The van der Waals surface area contributed by atoms with Gasteiger partial charge in [-0.05, 0) is 42.2 Å². The summed E-state index contributed by atoms with van der Waals surface area (Å²) in [5, 5.41) is 5.75. The first-order chi connectivity index (χ1) is 17.1. The molecule has 0 bridgehead atoms. The number of aromatic nitrogens is 3. The molecule has 170 valence electrons. The predicted molar refractivity (Wildman–Crippen MR) is 135 cm³/mol. The van der Waals surface area contributed by atoms with Crippen LogP contribution in [0.25, 0.3) is 44.0 Å². The molecule has 35 heavy (non-hydrogen) atoms. The summed E-state index contributed by atoms with van der Waals surface area (Å²) in [4.78, 5) is 25.3. The van der Waals surface area contributed by atoms with Crippen molar-refractivity contribution < 1.29 is 9.59 Å². The monoisotopic (exact) mass is 458 g/mol. The number of fused-ring (bicyclic) bond motifs is 1. The number of benzene rings is 3. The van der Waals surface area contributed by atoms with Crippen LogP contribution in [0.15, 0.2) is 84.9 Å². The molecule has 0 fully saturated rings. The Morgan fingerprint density at radius 2 is 1.49 bits per heavy atom. The summed E-state index contributed by atoms with van der Waals surface area (Å²) in [5.74, 6) is 0. The van der Waals surface area contributed by atoms with Gasteiger partial charge in [0.1, 0.15) is 0 Å². The van der Waals surface area contributed by atoms with E-state index in [1.807, 2.05) is 72.3 Å². The average Bonchev–Trinajstić information content (AvgIpc) is 3.25. The molecule has 0 atom stereocenters. The molecule has 0 saturated heterocycles. The minimum atomic E-state index is 0.250. The molecule has 0 aliphatic carbocycles. The zero-order valence-corrected chi connectivity index (χ0v) is 19.4. The molecular formula is C29H22N4O2. The van der Waals surface area contributed by atoms with Crippen molar-refractivity contribution in [1.29, 1.82) is 0 Å². The fourth-order valence-electron chi connectivity index (χ4n) is 4.15. The summed E-state index contributed by atoms with van der Waals surface area (Å²) in [6.07, 6.45) is 1.22.